The summed E-state index contributed by atoms with van der Waals surface area (Å²) in [6, 6.07) is 4.54. The van der Waals surface area contributed by atoms with Crippen LogP contribution in [0, 0.1) is 0 Å². The smallest absolute Gasteiger partial charge is 0.419 e. The number of carboxylic acid groups (broad SMARTS) is 1. The number of hydrogen-bond donors (Lipinski definition) is 1. The van der Waals surface area contributed by atoms with Gasteiger partial charge in [0, 0.05) is 12.6 Å². The molecule has 1 aromatic carbocycles. The number of oxazole rings is 1. The van der Waals surface area contributed by atoms with E-state index in [0.29, 0.717) is 16.8 Å². The Kier molecular flexibility index (Phi) is 2.99. The molecule has 21 heavy (non-hydrogen) atoms. The fourth-order valence-corrected chi connectivity index (χ4v) is 2.22. The molecule has 0 unspecified atom stereocenters. The minimum absolute atomic E-state index is 0.127. The number of aromatic carboxylic acids is 1. The van der Waals surface area contributed by atoms with Gasteiger partial charge in [-0.1, -0.05) is 11.6 Å². The van der Waals surface area contributed by atoms with Gasteiger partial charge in [-0.25, -0.2) is 19.6 Å². The summed E-state index contributed by atoms with van der Waals surface area (Å²) in [6.45, 7) is 0. The van der Waals surface area contributed by atoms with Gasteiger partial charge in [0.05, 0.1) is 16.2 Å². The minimum atomic E-state index is -1.15. The molecule has 0 aliphatic carbocycles. The van der Waals surface area contributed by atoms with Crippen LogP contribution < -0.4 is 5.76 Å². The number of halogens is 1. The van der Waals surface area contributed by atoms with E-state index in [1.54, 1.807) is 19.2 Å². The van der Waals surface area contributed by atoms with Crippen molar-refractivity contribution in [2.45, 2.75) is 0 Å². The summed E-state index contributed by atoms with van der Waals surface area (Å²) in [7, 11) is 1.55. The maximum Gasteiger partial charge on any atom is 0.419 e. The van der Waals surface area contributed by atoms with Crippen molar-refractivity contribution < 1.29 is 14.3 Å². The Morgan fingerprint density at radius 2 is 2.10 bits per heavy atom. The average molecular weight is 306 g/mol. The van der Waals surface area contributed by atoms with E-state index in [0.717, 1.165) is 6.33 Å². The van der Waals surface area contributed by atoms with Crippen LogP contribution in [0.4, 0.5) is 0 Å². The number of aryl methyl sites for hydroxylation is 1. The molecule has 0 atom stereocenters. The molecule has 2 heterocycles. The van der Waals surface area contributed by atoms with E-state index in [9.17, 15) is 9.59 Å². The zero-order valence-electron chi connectivity index (χ0n) is 10.7. The number of nitrogens with zero attached hydrogens (tertiary/aromatic N) is 3. The molecule has 0 bridgehead atoms. The van der Waals surface area contributed by atoms with Crippen molar-refractivity contribution in [3.63, 3.8) is 0 Å². The number of hydrogen-bond acceptors (Lipinski definition) is 5. The first-order valence-electron chi connectivity index (χ1n) is 5.82. The molecule has 3 rings (SSSR count). The van der Waals surface area contributed by atoms with Gasteiger partial charge in [-0.3, -0.25) is 4.57 Å². The van der Waals surface area contributed by atoms with Crippen molar-refractivity contribution in [2.24, 2.45) is 7.05 Å². The molecular formula is C13H8ClN3O4. The Hall–Kier alpha value is -2.67. The van der Waals surface area contributed by atoms with Gasteiger partial charge < -0.3 is 9.52 Å². The van der Waals surface area contributed by atoms with E-state index in [-0.39, 0.29) is 16.3 Å². The Balaban J connectivity index is 2.26. The van der Waals surface area contributed by atoms with E-state index in [1.165, 1.54) is 10.6 Å². The lowest BCUT2D eigenvalue weighted by Crippen LogP contribution is -2.08. The second-order valence-corrected chi connectivity index (χ2v) is 4.73. The first kappa shape index (κ1) is 13.3. The first-order valence-corrected chi connectivity index (χ1v) is 6.20. The summed E-state index contributed by atoms with van der Waals surface area (Å²) in [6.07, 6.45) is 1.16. The molecule has 0 fully saturated rings. The van der Waals surface area contributed by atoms with Crippen LogP contribution in [0.1, 0.15) is 10.5 Å². The highest BCUT2D eigenvalue weighted by atomic mass is 35.5. The van der Waals surface area contributed by atoms with Crippen LogP contribution in [0.2, 0.25) is 5.02 Å². The zero-order chi connectivity index (χ0) is 15.1. The maximum atomic E-state index is 11.5. The molecule has 0 amide bonds. The molecule has 3 aromatic rings. The Morgan fingerprint density at radius 1 is 1.33 bits per heavy atom. The third-order valence-electron chi connectivity index (χ3n) is 3.03. The van der Waals surface area contributed by atoms with Crippen LogP contribution in [-0.2, 0) is 7.05 Å². The number of benzene rings is 1. The summed E-state index contributed by atoms with van der Waals surface area (Å²) >= 11 is 6.09. The predicted octanol–water partition coefficient (Wildman–Crippen LogP) is 1.94. The van der Waals surface area contributed by atoms with Gasteiger partial charge in [-0.2, -0.15) is 0 Å². The van der Waals surface area contributed by atoms with E-state index in [4.69, 9.17) is 21.1 Å². The quantitative estimate of drug-likeness (QED) is 0.777. The summed E-state index contributed by atoms with van der Waals surface area (Å²) in [5.74, 6) is -1.68. The lowest BCUT2D eigenvalue weighted by molar-refractivity contribution is 0.0690. The molecule has 0 aliphatic rings. The summed E-state index contributed by atoms with van der Waals surface area (Å²) in [4.78, 5) is 30.1. The molecule has 1 N–H and O–H groups in total. The number of carboxylic acids is 1. The molecule has 0 spiro atoms. The van der Waals surface area contributed by atoms with E-state index in [2.05, 4.69) is 9.97 Å². The standard InChI is InChI=1S/C13H8ClN3O4/c1-17-10-3-6(2-7(14)11(10)21-13(17)20)8-4-9(12(18)19)16-5-15-8/h2-5H,1H3,(H,18,19). The fraction of sp³-hybridized carbons (Fsp3) is 0.0769. The number of aromatic nitrogens is 3. The normalized spacial score (nSPS) is 11.0. The van der Waals surface area contributed by atoms with Crippen LogP contribution in [0.15, 0.2) is 33.7 Å². The van der Waals surface area contributed by atoms with Gasteiger partial charge in [0.2, 0.25) is 0 Å². The van der Waals surface area contributed by atoms with Crippen LogP contribution in [-0.4, -0.2) is 25.6 Å². The zero-order valence-corrected chi connectivity index (χ0v) is 11.5. The highest BCUT2D eigenvalue weighted by Crippen LogP contribution is 2.29. The number of carbonyl (C=O) groups is 1. The number of rotatable bonds is 2. The van der Waals surface area contributed by atoms with E-state index >= 15 is 0 Å². The second kappa shape index (κ2) is 4.71. The third kappa shape index (κ3) is 2.17. The van der Waals surface area contributed by atoms with Crippen LogP contribution in [0.3, 0.4) is 0 Å². The average Bonchev–Trinajstić information content (AvgIpc) is 2.76. The molecule has 0 saturated heterocycles. The molecule has 0 aliphatic heterocycles. The molecule has 8 heteroatoms. The van der Waals surface area contributed by atoms with Crippen molar-refractivity contribution >= 4 is 28.7 Å². The van der Waals surface area contributed by atoms with Gasteiger partial charge >= 0.3 is 11.7 Å². The van der Waals surface area contributed by atoms with Crippen LogP contribution in [0.25, 0.3) is 22.4 Å². The van der Waals surface area contributed by atoms with Gasteiger partial charge in [0.1, 0.15) is 6.33 Å². The van der Waals surface area contributed by atoms with Gasteiger partial charge in [0.15, 0.2) is 11.3 Å². The maximum absolute atomic E-state index is 11.5. The predicted molar refractivity (Wildman–Crippen MR) is 74.5 cm³/mol. The molecular weight excluding hydrogens is 298 g/mol. The van der Waals surface area contributed by atoms with Gasteiger partial charge in [-0.15, -0.1) is 0 Å². The highest BCUT2D eigenvalue weighted by Gasteiger charge is 2.14. The lowest BCUT2D eigenvalue weighted by atomic mass is 10.1. The Labute approximate surface area is 122 Å². The Bertz CT molecular complexity index is 929. The minimum Gasteiger partial charge on any atom is -0.477 e. The molecule has 2 aromatic heterocycles. The largest absolute Gasteiger partial charge is 0.477 e. The molecule has 0 radical (unpaired) electrons. The lowest BCUT2D eigenvalue weighted by Gasteiger charge is -2.03. The van der Waals surface area contributed by atoms with Crippen molar-refractivity contribution in [2.75, 3.05) is 0 Å². The topological polar surface area (TPSA) is 98.2 Å². The van der Waals surface area contributed by atoms with Gasteiger partial charge in [0.25, 0.3) is 0 Å². The SMILES string of the molecule is Cn1c(=O)oc2c(Cl)cc(-c3cc(C(=O)O)ncn3)cc21. The van der Waals surface area contributed by atoms with Crippen molar-refractivity contribution in [3.05, 3.63) is 45.8 Å². The summed E-state index contributed by atoms with van der Waals surface area (Å²) < 4.78 is 6.34. The van der Waals surface area contributed by atoms with Crippen molar-refractivity contribution in [1.82, 2.24) is 14.5 Å². The molecule has 106 valence electrons. The Morgan fingerprint density at radius 3 is 2.81 bits per heavy atom. The fourth-order valence-electron chi connectivity index (χ4n) is 1.96. The van der Waals surface area contributed by atoms with Crippen molar-refractivity contribution in [3.8, 4) is 11.3 Å². The van der Waals surface area contributed by atoms with Gasteiger partial charge in [-0.05, 0) is 18.2 Å². The second-order valence-electron chi connectivity index (χ2n) is 4.33. The third-order valence-corrected chi connectivity index (χ3v) is 3.31. The molecule has 7 nitrogen and oxygen atoms in total. The first-order chi connectivity index (χ1) is 9.97. The highest BCUT2D eigenvalue weighted by molar-refractivity contribution is 6.35. The van der Waals surface area contributed by atoms with Crippen LogP contribution in [0.5, 0.6) is 0 Å². The summed E-state index contributed by atoms with van der Waals surface area (Å²) in [5, 5.41) is 9.20. The van der Waals surface area contributed by atoms with E-state index < -0.39 is 11.7 Å². The van der Waals surface area contributed by atoms with E-state index in [1.807, 2.05) is 0 Å². The molecule has 0 saturated carbocycles. The van der Waals surface area contributed by atoms with Crippen LogP contribution >= 0.6 is 11.6 Å². The monoisotopic (exact) mass is 305 g/mol. The summed E-state index contributed by atoms with van der Waals surface area (Å²) in [5.41, 5.74) is 1.60. The number of fused-ring (bicyclic) bond motifs is 1. The van der Waals surface area contributed by atoms with Crippen molar-refractivity contribution in [1.29, 1.82) is 0 Å².